The number of carboxylic acid groups (broad SMARTS) is 1. The van der Waals surface area contributed by atoms with Crippen LogP contribution in [0.25, 0.3) is 0 Å². The summed E-state index contributed by atoms with van der Waals surface area (Å²) in [5.74, 6) is -1.10. The molecule has 2 rings (SSSR count). The second-order valence-corrected chi connectivity index (χ2v) is 4.67. The van der Waals surface area contributed by atoms with Crippen molar-refractivity contribution in [1.29, 1.82) is 0 Å². The van der Waals surface area contributed by atoms with Gasteiger partial charge >= 0.3 is 12.0 Å². The van der Waals surface area contributed by atoms with Gasteiger partial charge in [0, 0.05) is 18.8 Å². The number of hydrogen-bond donors (Lipinski definition) is 3. The molecule has 0 spiro atoms. The van der Waals surface area contributed by atoms with Gasteiger partial charge in [0.1, 0.15) is 12.3 Å². The molecule has 20 heavy (non-hydrogen) atoms. The highest BCUT2D eigenvalue weighted by molar-refractivity contribution is 5.96. The minimum Gasteiger partial charge on any atom is -0.508 e. The number of aromatic hydroxyl groups is 1. The lowest BCUT2D eigenvalue weighted by molar-refractivity contribution is -0.135. The number of β-amino-alcohol motifs (C(OH)–C–C–N with tert-alkyl or cyclic N) is 1. The lowest BCUT2D eigenvalue weighted by Crippen LogP contribution is -2.45. The van der Waals surface area contributed by atoms with Crippen LogP contribution in [0.1, 0.15) is 6.42 Å². The molecule has 108 valence electrons. The zero-order valence-corrected chi connectivity index (χ0v) is 10.8. The quantitative estimate of drug-likeness (QED) is 0.747. The smallest absolute Gasteiger partial charge is 0.325 e. The third-order valence-corrected chi connectivity index (χ3v) is 3.12. The molecule has 1 aliphatic heterocycles. The molecule has 7 heteroatoms. The van der Waals surface area contributed by atoms with Gasteiger partial charge in [0.25, 0.3) is 0 Å². The van der Waals surface area contributed by atoms with E-state index in [0.717, 1.165) is 4.90 Å². The molecule has 0 aliphatic carbocycles. The van der Waals surface area contributed by atoms with E-state index in [9.17, 15) is 19.8 Å². The predicted molar refractivity (Wildman–Crippen MR) is 70.7 cm³/mol. The van der Waals surface area contributed by atoms with E-state index in [-0.39, 0.29) is 12.3 Å². The fraction of sp³-hybridized carbons (Fsp3) is 0.385. The largest absolute Gasteiger partial charge is 0.508 e. The Bertz CT molecular complexity index is 502. The van der Waals surface area contributed by atoms with Crippen molar-refractivity contribution < 1.29 is 24.9 Å². The van der Waals surface area contributed by atoms with Crippen molar-refractivity contribution in [2.24, 2.45) is 0 Å². The van der Waals surface area contributed by atoms with Crippen molar-refractivity contribution in [3.63, 3.8) is 0 Å². The molecule has 7 nitrogen and oxygen atoms in total. The van der Waals surface area contributed by atoms with E-state index in [1.807, 2.05) is 0 Å². The van der Waals surface area contributed by atoms with E-state index in [2.05, 4.69) is 0 Å². The number of anilines is 1. The number of benzene rings is 1. The van der Waals surface area contributed by atoms with Gasteiger partial charge in [-0.25, -0.2) is 4.79 Å². The van der Waals surface area contributed by atoms with E-state index in [1.165, 1.54) is 29.2 Å². The molecule has 1 unspecified atom stereocenters. The Balaban J connectivity index is 2.20. The summed E-state index contributed by atoms with van der Waals surface area (Å²) in [5.41, 5.74) is 0.386. The summed E-state index contributed by atoms with van der Waals surface area (Å²) in [5, 5.41) is 27.6. The van der Waals surface area contributed by atoms with Crippen molar-refractivity contribution in [2.45, 2.75) is 12.5 Å². The van der Waals surface area contributed by atoms with E-state index in [1.54, 1.807) is 0 Å². The van der Waals surface area contributed by atoms with Crippen molar-refractivity contribution in [3.05, 3.63) is 24.3 Å². The molecule has 0 bridgehead atoms. The first kappa shape index (κ1) is 14.1. The number of hydrogen-bond acceptors (Lipinski definition) is 4. The topological polar surface area (TPSA) is 101 Å². The second-order valence-electron chi connectivity index (χ2n) is 4.67. The van der Waals surface area contributed by atoms with Crippen LogP contribution in [0, 0.1) is 0 Å². The van der Waals surface area contributed by atoms with Crippen LogP contribution in [0.5, 0.6) is 5.75 Å². The Hall–Kier alpha value is -2.28. The summed E-state index contributed by atoms with van der Waals surface area (Å²) in [7, 11) is 0. The number of aliphatic carboxylic acids is 1. The Kier molecular flexibility index (Phi) is 4.09. The number of phenolic OH excluding ortho intramolecular Hbond substituents is 1. The average Bonchev–Trinajstić information content (AvgIpc) is 2.83. The number of likely N-dealkylation sites (tertiary alicyclic amines) is 1. The highest BCUT2D eigenvalue weighted by atomic mass is 16.4. The number of nitrogens with zero attached hydrogens (tertiary/aromatic N) is 2. The van der Waals surface area contributed by atoms with Crippen molar-refractivity contribution in [1.82, 2.24) is 4.90 Å². The molecule has 0 aromatic heterocycles. The van der Waals surface area contributed by atoms with E-state index >= 15 is 0 Å². The Morgan fingerprint density at radius 1 is 1.30 bits per heavy atom. The maximum absolute atomic E-state index is 12.3. The normalized spacial score (nSPS) is 18.1. The van der Waals surface area contributed by atoms with Crippen molar-refractivity contribution in [3.8, 4) is 5.75 Å². The highest BCUT2D eigenvalue weighted by Gasteiger charge is 2.30. The lowest BCUT2D eigenvalue weighted by atomic mass is 10.2. The summed E-state index contributed by atoms with van der Waals surface area (Å²) < 4.78 is 0. The van der Waals surface area contributed by atoms with Gasteiger partial charge in [0.05, 0.1) is 6.10 Å². The molecule has 1 saturated heterocycles. The van der Waals surface area contributed by atoms with Gasteiger partial charge < -0.3 is 20.2 Å². The molecular weight excluding hydrogens is 264 g/mol. The second kappa shape index (κ2) is 5.79. The van der Waals surface area contributed by atoms with E-state index < -0.39 is 24.6 Å². The van der Waals surface area contributed by atoms with Gasteiger partial charge in [-0.1, -0.05) is 0 Å². The fourth-order valence-corrected chi connectivity index (χ4v) is 2.12. The third-order valence-electron chi connectivity index (χ3n) is 3.12. The van der Waals surface area contributed by atoms with Crippen LogP contribution in [0.3, 0.4) is 0 Å². The van der Waals surface area contributed by atoms with Gasteiger partial charge in [0.15, 0.2) is 0 Å². The minimum absolute atomic E-state index is 0.0352. The van der Waals surface area contributed by atoms with E-state index in [0.29, 0.717) is 18.7 Å². The molecule has 1 fully saturated rings. The number of aliphatic hydroxyl groups excluding tert-OH is 1. The number of phenols is 1. The Morgan fingerprint density at radius 2 is 1.95 bits per heavy atom. The third kappa shape index (κ3) is 3.18. The number of carboxylic acids is 1. The number of carbonyl (C=O) groups is 2. The fourth-order valence-electron chi connectivity index (χ4n) is 2.12. The van der Waals surface area contributed by atoms with Crippen LogP contribution in [0.2, 0.25) is 0 Å². The van der Waals surface area contributed by atoms with Crippen LogP contribution in [0.4, 0.5) is 10.5 Å². The molecule has 0 saturated carbocycles. The van der Waals surface area contributed by atoms with Gasteiger partial charge in [-0.15, -0.1) is 0 Å². The van der Waals surface area contributed by atoms with Crippen LogP contribution in [-0.2, 0) is 4.79 Å². The van der Waals surface area contributed by atoms with Crippen LogP contribution < -0.4 is 4.90 Å². The Labute approximate surface area is 115 Å². The molecule has 0 radical (unpaired) electrons. The molecule has 3 N–H and O–H groups in total. The summed E-state index contributed by atoms with van der Waals surface area (Å²) in [6.07, 6.45) is -0.0761. The lowest BCUT2D eigenvalue weighted by Gasteiger charge is -2.26. The summed E-state index contributed by atoms with van der Waals surface area (Å²) >= 11 is 0. The summed E-state index contributed by atoms with van der Waals surface area (Å²) in [4.78, 5) is 25.8. The molecule has 1 aromatic rings. The monoisotopic (exact) mass is 280 g/mol. The number of carbonyl (C=O) groups excluding carboxylic acids is 1. The zero-order chi connectivity index (χ0) is 14.7. The van der Waals surface area contributed by atoms with Gasteiger partial charge in [0.2, 0.25) is 0 Å². The van der Waals surface area contributed by atoms with Crippen LogP contribution in [-0.4, -0.2) is 58.0 Å². The molecule has 2 amide bonds. The van der Waals surface area contributed by atoms with Crippen molar-refractivity contribution >= 4 is 17.7 Å². The molecule has 1 heterocycles. The standard InChI is InChI=1S/C13H16N2O5/c16-10-3-1-9(2-4-10)15(8-12(18)19)13(20)14-6-5-11(17)7-14/h1-4,11,16-17H,5-8H2,(H,18,19). The zero-order valence-electron chi connectivity index (χ0n) is 10.8. The first-order valence-corrected chi connectivity index (χ1v) is 6.22. The van der Waals surface area contributed by atoms with Crippen LogP contribution in [0.15, 0.2) is 24.3 Å². The van der Waals surface area contributed by atoms with Crippen molar-refractivity contribution in [2.75, 3.05) is 24.5 Å². The Morgan fingerprint density at radius 3 is 2.45 bits per heavy atom. The minimum atomic E-state index is -1.13. The van der Waals surface area contributed by atoms with Gasteiger partial charge in [-0.05, 0) is 30.7 Å². The van der Waals surface area contributed by atoms with Gasteiger partial charge in [-0.2, -0.15) is 0 Å². The number of rotatable bonds is 3. The SMILES string of the molecule is O=C(O)CN(C(=O)N1CCC(O)C1)c1ccc(O)cc1. The van der Waals surface area contributed by atoms with Crippen LogP contribution >= 0.6 is 0 Å². The maximum atomic E-state index is 12.3. The summed E-state index contributed by atoms with van der Waals surface area (Å²) in [6, 6.07) is 5.26. The first-order valence-electron chi connectivity index (χ1n) is 6.22. The average molecular weight is 280 g/mol. The van der Waals surface area contributed by atoms with E-state index in [4.69, 9.17) is 5.11 Å². The predicted octanol–water partition coefficient (Wildman–Crippen LogP) is 0.470. The maximum Gasteiger partial charge on any atom is 0.325 e. The molecule has 1 atom stereocenters. The first-order chi connectivity index (χ1) is 9.47. The number of amides is 2. The molecule has 1 aliphatic rings. The highest BCUT2D eigenvalue weighted by Crippen LogP contribution is 2.21. The number of aliphatic hydroxyl groups is 1. The van der Waals surface area contributed by atoms with Gasteiger partial charge in [-0.3, -0.25) is 9.69 Å². The summed E-state index contributed by atoms with van der Waals surface area (Å²) in [6.45, 7) is 0.122. The number of urea groups is 1. The molecule has 1 aromatic carbocycles. The molecular formula is C13H16N2O5.